The van der Waals surface area contributed by atoms with Gasteiger partial charge < -0.3 is 16.0 Å². The predicted molar refractivity (Wildman–Crippen MR) is 86.7 cm³/mol. The molecule has 0 radical (unpaired) electrons. The summed E-state index contributed by atoms with van der Waals surface area (Å²) in [4.78, 5) is 22.9. The molecule has 0 aliphatic carbocycles. The van der Waals surface area contributed by atoms with Crippen molar-refractivity contribution >= 4 is 36.5 Å². The molecular formula is C13H21Cl2N5O. The minimum atomic E-state index is -0.0886. The molecule has 1 unspecified atom stereocenters. The van der Waals surface area contributed by atoms with Gasteiger partial charge in [0.15, 0.2) is 0 Å². The first-order valence-corrected chi connectivity index (χ1v) is 6.81. The number of piperidine rings is 1. The third-order valence-corrected chi connectivity index (χ3v) is 3.73. The molecule has 6 nitrogen and oxygen atoms in total. The SMILES string of the molecule is Cc1nc2c(c(N3CCCC(N)C3)n1)CCNC2=O.Cl.Cl. The number of nitrogens with two attached hydrogens (primary N) is 1. The lowest BCUT2D eigenvalue weighted by Crippen LogP contribution is -2.44. The van der Waals surface area contributed by atoms with Crippen molar-refractivity contribution in [3.05, 3.63) is 17.1 Å². The Bertz CT molecular complexity index is 526. The molecule has 2 aliphatic heterocycles. The zero-order valence-corrected chi connectivity index (χ0v) is 13.6. The van der Waals surface area contributed by atoms with E-state index in [9.17, 15) is 4.79 Å². The van der Waals surface area contributed by atoms with E-state index < -0.39 is 0 Å². The Morgan fingerprint density at radius 3 is 2.81 bits per heavy atom. The molecule has 1 aromatic heterocycles. The van der Waals surface area contributed by atoms with E-state index in [1.165, 1.54) is 0 Å². The third-order valence-electron chi connectivity index (χ3n) is 3.73. The first kappa shape index (κ1) is 17.9. The molecular weight excluding hydrogens is 313 g/mol. The monoisotopic (exact) mass is 333 g/mol. The normalized spacial score (nSPS) is 20.8. The first-order valence-electron chi connectivity index (χ1n) is 6.81. The fraction of sp³-hybridized carbons (Fsp3) is 0.615. The number of anilines is 1. The lowest BCUT2D eigenvalue weighted by molar-refractivity contribution is 0.0940. The lowest BCUT2D eigenvalue weighted by Gasteiger charge is -2.34. The zero-order valence-electron chi connectivity index (χ0n) is 12.0. The maximum atomic E-state index is 11.9. The van der Waals surface area contributed by atoms with E-state index in [1.54, 1.807) is 0 Å². The van der Waals surface area contributed by atoms with Gasteiger partial charge >= 0.3 is 0 Å². The second-order valence-corrected chi connectivity index (χ2v) is 5.28. The summed E-state index contributed by atoms with van der Waals surface area (Å²) in [5, 5.41) is 2.83. The number of rotatable bonds is 1. The first-order chi connectivity index (χ1) is 9.15. The highest BCUT2D eigenvalue weighted by atomic mass is 35.5. The van der Waals surface area contributed by atoms with E-state index in [4.69, 9.17) is 5.73 Å². The van der Waals surface area contributed by atoms with Crippen molar-refractivity contribution < 1.29 is 4.79 Å². The number of nitrogens with zero attached hydrogens (tertiary/aromatic N) is 3. The summed E-state index contributed by atoms with van der Waals surface area (Å²) >= 11 is 0. The van der Waals surface area contributed by atoms with Crippen LogP contribution in [0.3, 0.4) is 0 Å². The van der Waals surface area contributed by atoms with Gasteiger partial charge in [0.2, 0.25) is 0 Å². The van der Waals surface area contributed by atoms with E-state index >= 15 is 0 Å². The van der Waals surface area contributed by atoms with Crippen molar-refractivity contribution in [1.82, 2.24) is 15.3 Å². The van der Waals surface area contributed by atoms with Gasteiger partial charge in [-0.15, -0.1) is 24.8 Å². The van der Waals surface area contributed by atoms with Crippen molar-refractivity contribution in [2.45, 2.75) is 32.2 Å². The number of aryl methyl sites for hydroxylation is 1. The summed E-state index contributed by atoms with van der Waals surface area (Å²) < 4.78 is 0. The highest BCUT2D eigenvalue weighted by molar-refractivity contribution is 5.96. The molecule has 2 aliphatic rings. The standard InChI is InChI=1S/C13H19N5O.2ClH/c1-8-16-11-10(4-5-15-13(11)19)12(17-8)18-6-2-3-9(14)7-18;;/h9H,2-7,14H2,1H3,(H,15,19);2*1H. The average molecular weight is 334 g/mol. The van der Waals surface area contributed by atoms with Crippen LogP contribution in [0.15, 0.2) is 0 Å². The molecule has 0 spiro atoms. The summed E-state index contributed by atoms with van der Waals surface area (Å²) in [7, 11) is 0. The number of fused-ring (bicyclic) bond motifs is 1. The van der Waals surface area contributed by atoms with Gasteiger partial charge in [0, 0.05) is 31.2 Å². The van der Waals surface area contributed by atoms with Gasteiger partial charge in [-0.25, -0.2) is 9.97 Å². The quantitative estimate of drug-likeness (QED) is 0.795. The third kappa shape index (κ3) is 3.56. The smallest absolute Gasteiger partial charge is 0.270 e. The van der Waals surface area contributed by atoms with E-state index in [2.05, 4.69) is 20.2 Å². The van der Waals surface area contributed by atoms with Crippen LogP contribution in [0.25, 0.3) is 0 Å². The van der Waals surface area contributed by atoms with E-state index in [1.807, 2.05) is 6.92 Å². The van der Waals surface area contributed by atoms with Crippen molar-refractivity contribution in [2.24, 2.45) is 5.73 Å². The Morgan fingerprint density at radius 2 is 2.10 bits per heavy atom. The second kappa shape index (κ2) is 7.24. The molecule has 1 amide bonds. The van der Waals surface area contributed by atoms with Crippen LogP contribution in [0.4, 0.5) is 5.82 Å². The summed E-state index contributed by atoms with van der Waals surface area (Å²) in [6.07, 6.45) is 2.93. The minimum Gasteiger partial charge on any atom is -0.355 e. The van der Waals surface area contributed by atoms with Gasteiger partial charge in [-0.2, -0.15) is 0 Å². The van der Waals surface area contributed by atoms with Crippen LogP contribution >= 0.6 is 24.8 Å². The zero-order chi connectivity index (χ0) is 13.4. The molecule has 0 bridgehead atoms. The van der Waals surface area contributed by atoms with Crippen LogP contribution in [-0.4, -0.2) is 41.6 Å². The molecule has 118 valence electrons. The number of nitrogens with one attached hydrogen (secondary N) is 1. The fourth-order valence-electron chi connectivity index (χ4n) is 2.85. The highest BCUT2D eigenvalue weighted by Crippen LogP contribution is 2.26. The number of carbonyl (C=O) groups excluding carboxylic acids is 1. The summed E-state index contributed by atoms with van der Waals surface area (Å²) in [6, 6.07) is 0.192. The van der Waals surface area contributed by atoms with E-state index in [0.29, 0.717) is 18.1 Å². The maximum Gasteiger partial charge on any atom is 0.270 e. The number of amides is 1. The lowest BCUT2D eigenvalue weighted by atomic mass is 10.0. The highest BCUT2D eigenvalue weighted by Gasteiger charge is 2.27. The van der Waals surface area contributed by atoms with Crippen LogP contribution in [-0.2, 0) is 6.42 Å². The summed E-state index contributed by atoms with van der Waals surface area (Å²) in [5.74, 6) is 1.46. The van der Waals surface area contributed by atoms with E-state index in [0.717, 1.165) is 43.7 Å². The Kier molecular flexibility index (Phi) is 6.19. The summed E-state index contributed by atoms with van der Waals surface area (Å²) in [5.41, 5.74) is 7.55. The fourth-order valence-corrected chi connectivity index (χ4v) is 2.85. The largest absolute Gasteiger partial charge is 0.355 e. The van der Waals surface area contributed by atoms with Gasteiger partial charge in [-0.3, -0.25) is 4.79 Å². The molecule has 3 rings (SSSR count). The van der Waals surface area contributed by atoms with Gasteiger partial charge in [-0.1, -0.05) is 0 Å². The van der Waals surface area contributed by atoms with Crippen molar-refractivity contribution in [3.63, 3.8) is 0 Å². The molecule has 21 heavy (non-hydrogen) atoms. The molecule has 0 aromatic carbocycles. The van der Waals surface area contributed by atoms with Gasteiger partial charge in [-0.05, 0) is 26.2 Å². The number of aromatic nitrogens is 2. The van der Waals surface area contributed by atoms with Crippen LogP contribution in [0, 0.1) is 6.92 Å². The predicted octanol–water partition coefficient (Wildman–Crippen LogP) is 0.842. The average Bonchev–Trinajstić information content (AvgIpc) is 2.39. The maximum absolute atomic E-state index is 11.9. The summed E-state index contributed by atoms with van der Waals surface area (Å²) in [6.45, 7) is 4.25. The number of halogens is 2. The Morgan fingerprint density at radius 1 is 1.33 bits per heavy atom. The van der Waals surface area contributed by atoms with Crippen molar-refractivity contribution in [2.75, 3.05) is 24.5 Å². The molecule has 3 N–H and O–H groups in total. The van der Waals surface area contributed by atoms with Gasteiger partial charge in [0.25, 0.3) is 5.91 Å². The molecule has 1 fully saturated rings. The molecule has 8 heteroatoms. The number of carbonyl (C=O) groups is 1. The van der Waals surface area contributed by atoms with Crippen LogP contribution in [0.1, 0.15) is 34.7 Å². The van der Waals surface area contributed by atoms with Gasteiger partial charge in [0.05, 0.1) is 0 Å². The molecule has 1 atom stereocenters. The minimum absolute atomic E-state index is 0. The Labute approximate surface area is 136 Å². The van der Waals surface area contributed by atoms with Crippen molar-refractivity contribution in [1.29, 1.82) is 0 Å². The Hall–Kier alpha value is -1.11. The Balaban J connectivity index is 0.00000110. The molecule has 1 aromatic rings. The number of hydrogen-bond donors (Lipinski definition) is 2. The van der Waals surface area contributed by atoms with Crippen LogP contribution < -0.4 is 16.0 Å². The topological polar surface area (TPSA) is 84.1 Å². The molecule has 1 saturated heterocycles. The second-order valence-electron chi connectivity index (χ2n) is 5.28. The van der Waals surface area contributed by atoms with E-state index in [-0.39, 0.29) is 36.8 Å². The van der Waals surface area contributed by atoms with Crippen LogP contribution in [0.5, 0.6) is 0 Å². The molecule has 3 heterocycles. The van der Waals surface area contributed by atoms with Gasteiger partial charge in [0.1, 0.15) is 17.3 Å². The number of hydrogen-bond acceptors (Lipinski definition) is 5. The van der Waals surface area contributed by atoms with Crippen molar-refractivity contribution in [3.8, 4) is 0 Å². The van der Waals surface area contributed by atoms with Crippen LogP contribution in [0.2, 0.25) is 0 Å². The molecule has 0 saturated carbocycles.